The Balaban J connectivity index is 1.51. The van der Waals surface area contributed by atoms with Gasteiger partial charge in [-0.3, -0.25) is 14.4 Å². The number of nitrogens with one attached hydrogen (secondary N) is 1. The highest BCUT2D eigenvalue weighted by molar-refractivity contribution is 6.33. The average molecular weight is 718 g/mol. The number of anilines is 3. The van der Waals surface area contributed by atoms with Crippen molar-refractivity contribution in [3.8, 4) is 5.75 Å². The fourth-order valence-electron chi connectivity index (χ4n) is 5.64. The maximum Gasteiger partial charge on any atom is 0.416 e. The molecule has 0 bridgehead atoms. The van der Waals surface area contributed by atoms with Crippen LogP contribution in [-0.4, -0.2) is 99.8 Å². The van der Waals surface area contributed by atoms with Crippen molar-refractivity contribution in [1.82, 2.24) is 29.4 Å². The van der Waals surface area contributed by atoms with Gasteiger partial charge >= 0.3 is 6.18 Å². The number of likely N-dealkylation sites (N-methyl/N-ethyl adjacent to an activating group) is 1. The van der Waals surface area contributed by atoms with E-state index >= 15 is 0 Å². The zero-order valence-electron chi connectivity index (χ0n) is 27.7. The molecule has 266 valence electrons. The third kappa shape index (κ3) is 7.42. The molecule has 0 saturated carbocycles. The minimum absolute atomic E-state index is 0.000724. The van der Waals surface area contributed by atoms with Gasteiger partial charge in [0, 0.05) is 52.6 Å². The van der Waals surface area contributed by atoms with Crippen LogP contribution in [0.25, 0.3) is 11.2 Å². The van der Waals surface area contributed by atoms with Gasteiger partial charge in [-0.15, -0.1) is 0 Å². The number of carbonyl (C=O) groups excluding carboxylic acids is 2. The molecule has 0 aliphatic carbocycles. The molecule has 5 rings (SSSR count). The molecule has 3 aromatic heterocycles. The van der Waals surface area contributed by atoms with Crippen LogP contribution in [0.1, 0.15) is 34.4 Å². The lowest BCUT2D eigenvalue weighted by molar-refractivity contribution is -0.137. The van der Waals surface area contributed by atoms with Crippen molar-refractivity contribution < 1.29 is 32.6 Å². The van der Waals surface area contributed by atoms with Crippen LogP contribution in [0, 0.1) is 6.92 Å². The third-order valence-corrected chi connectivity index (χ3v) is 8.66. The van der Waals surface area contributed by atoms with Crippen molar-refractivity contribution >= 4 is 51.8 Å². The van der Waals surface area contributed by atoms with Crippen LogP contribution in [-0.2, 0) is 28.7 Å². The van der Waals surface area contributed by atoms with Crippen LogP contribution < -0.4 is 20.5 Å². The van der Waals surface area contributed by atoms with Crippen LogP contribution in [0.3, 0.4) is 0 Å². The zero-order valence-corrected chi connectivity index (χ0v) is 28.5. The summed E-state index contributed by atoms with van der Waals surface area (Å²) in [4.78, 5) is 63.1. The molecule has 18 heteroatoms. The molecule has 1 fully saturated rings. The topological polar surface area (TPSA) is 159 Å². The summed E-state index contributed by atoms with van der Waals surface area (Å²) in [7, 11) is 3.33. The van der Waals surface area contributed by atoms with Crippen LogP contribution in [0.5, 0.6) is 5.75 Å². The lowest BCUT2D eigenvalue weighted by Crippen LogP contribution is -2.50. The molecule has 4 heterocycles. The fraction of sp³-hybridized carbons (Fsp3) is 0.406. The first-order chi connectivity index (χ1) is 23.7. The number of aromatic nitrogens is 5. The molecular formula is C32H35ClF3N9O5. The Morgan fingerprint density at radius 3 is 2.50 bits per heavy atom. The van der Waals surface area contributed by atoms with Gasteiger partial charge < -0.3 is 34.4 Å². The van der Waals surface area contributed by atoms with Crippen molar-refractivity contribution in [2.45, 2.75) is 33.0 Å². The van der Waals surface area contributed by atoms with Gasteiger partial charge in [0.05, 0.1) is 34.8 Å². The number of carbonyl (C=O) groups is 2. The minimum atomic E-state index is -4.61. The molecule has 0 radical (unpaired) electrons. The summed E-state index contributed by atoms with van der Waals surface area (Å²) in [6.45, 7) is 4.71. The molecule has 0 spiro atoms. The van der Waals surface area contributed by atoms with Gasteiger partial charge in [0.15, 0.2) is 22.6 Å². The van der Waals surface area contributed by atoms with Gasteiger partial charge in [-0.25, -0.2) is 19.9 Å². The molecule has 1 aromatic carbocycles. The number of aryl methyl sites for hydroxylation is 1. The number of benzene rings is 1. The Bertz CT molecular complexity index is 1980. The van der Waals surface area contributed by atoms with E-state index in [0.717, 1.165) is 18.2 Å². The SMILES string of the molecule is CCc1c(N2CCN(C(=O)c3ncnc(C)c3O)CC2)c(=O)c2nc(N(C)CCOC)cnc2n1CC(=O)Nc1ccc(C(F)(F)F)cc1Cl. The Kier molecular flexibility index (Phi) is 10.8. The number of amides is 2. The summed E-state index contributed by atoms with van der Waals surface area (Å²) < 4.78 is 46.3. The van der Waals surface area contributed by atoms with Gasteiger partial charge in [-0.2, -0.15) is 13.2 Å². The van der Waals surface area contributed by atoms with Crippen molar-refractivity contribution in [2.24, 2.45) is 0 Å². The lowest BCUT2D eigenvalue weighted by atomic mass is 10.1. The van der Waals surface area contributed by atoms with Crippen molar-refractivity contribution in [2.75, 3.05) is 68.6 Å². The number of halogens is 4. The number of aromatic hydroxyl groups is 1. The Morgan fingerprint density at radius 2 is 1.86 bits per heavy atom. The summed E-state index contributed by atoms with van der Waals surface area (Å²) in [5, 5.41) is 12.6. The molecule has 14 nitrogen and oxygen atoms in total. The molecule has 2 amide bonds. The van der Waals surface area contributed by atoms with Crippen LogP contribution in [0.2, 0.25) is 5.02 Å². The van der Waals surface area contributed by atoms with Crippen LogP contribution >= 0.6 is 11.6 Å². The largest absolute Gasteiger partial charge is 0.504 e. The standard InChI is InChI=1S/C32H35ClF3N9O5/c1-5-22-27(43-8-10-44(11-9-43)31(49)26-28(47)18(2)38-17-39-26)29(48)25-30(37-15-23(41-25)42(3)12-13-50-4)45(22)16-24(46)40-21-7-6-19(14-20(21)33)32(34,35)36/h6-7,14-15,17,47H,5,8-13,16H2,1-4H3,(H,40,46). The zero-order chi connectivity index (χ0) is 36.3. The predicted molar refractivity (Wildman–Crippen MR) is 180 cm³/mol. The summed E-state index contributed by atoms with van der Waals surface area (Å²) in [6.07, 6.45) is -1.64. The van der Waals surface area contributed by atoms with Gasteiger partial charge in [0.2, 0.25) is 11.3 Å². The Hall–Kier alpha value is -5.03. The Morgan fingerprint density at radius 1 is 1.14 bits per heavy atom. The first kappa shape index (κ1) is 36.3. The number of rotatable bonds is 10. The highest BCUT2D eigenvalue weighted by atomic mass is 35.5. The van der Waals surface area contributed by atoms with E-state index < -0.39 is 29.0 Å². The van der Waals surface area contributed by atoms with E-state index in [1.54, 1.807) is 30.5 Å². The Labute approximate surface area is 289 Å². The number of fused-ring (bicyclic) bond motifs is 1. The predicted octanol–water partition coefficient (Wildman–Crippen LogP) is 3.51. The van der Waals surface area contributed by atoms with E-state index in [4.69, 9.17) is 16.3 Å². The molecular weight excluding hydrogens is 683 g/mol. The molecule has 1 aliphatic heterocycles. The number of piperazine rings is 1. The normalized spacial score (nSPS) is 13.5. The average Bonchev–Trinajstić information content (AvgIpc) is 3.09. The molecule has 4 aromatic rings. The van der Waals surface area contributed by atoms with Crippen molar-refractivity contribution in [3.63, 3.8) is 0 Å². The van der Waals surface area contributed by atoms with Crippen molar-refractivity contribution in [1.29, 1.82) is 0 Å². The minimum Gasteiger partial charge on any atom is -0.504 e. The van der Waals surface area contributed by atoms with Crippen LogP contribution in [0.4, 0.5) is 30.4 Å². The van der Waals surface area contributed by atoms with Gasteiger partial charge in [-0.1, -0.05) is 18.5 Å². The van der Waals surface area contributed by atoms with Crippen molar-refractivity contribution in [3.05, 3.63) is 68.6 Å². The van der Waals surface area contributed by atoms with Gasteiger partial charge in [0.25, 0.3) is 5.91 Å². The fourth-order valence-corrected chi connectivity index (χ4v) is 5.86. The second-order valence-corrected chi connectivity index (χ2v) is 12.0. The number of pyridine rings is 1. The smallest absolute Gasteiger partial charge is 0.416 e. The van der Waals surface area contributed by atoms with Crippen LogP contribution in [0.15, 0.2) is 35.5 Å². The lowest BCUT2D eigenvalue weighted by Gasteiger charge is -2.37. The first-order valence-electron chi connectivity index (χ1n) is 15.6. The second kappa shape index (κ2) is 14.8. The summed E-state index contributed by atoms with van der Waals surface area (Å²) in [6, 6.07) is 2.62. The second-order valence-electron chi connectivity index (χ2n) is 11.6. The van der Waals surface area contributed by atoms with Gasteiger partial charge in [-0.05, 0) is 31.5 Å². The number of methoxy groups -OCH3 is 1. The molecule has 0 atom stereocenters. The van der Waals surface area contributed by atoms with Gasteiger partial charge in [0.1, 0.15) is 24.4 Å². The number of alkyl halides is 3. The maximum atomic E-state index is 14.3. The monoisotopic (exact) mass is 717 g/mol. The first-order valence-corrected chi connectivity index (χ1v) is 16.0. The molecule has 1 saturated heterocycles. The third-order valence-electron chi connectivity index (χ3n) is 8.35. The van der Waals surface area contributed by atoms with E-state index in [1.807, 2.05) is 11.8 Å². The van der Waals surface area contributed by atoms with E-state index in [2.05, 4.69) is 25.3 Å². The number of hydrogen-bond acceptors (Lipinski definition) is 11. The highest BCUT2D eigenvalue weighted by Gasteiger charge is 2.32. The number of nitrogens with zero attached hydrogens (tertiary/aromatic N) is 8. The molecule has 0 unspecified atom stereocenters. The molecule has 50 heavy (non-hydrogen) atoms. The molecule has 1 aliphatic rings. The highest BCUT2D eigenvalue weighted by Crippen LogP contribution is 2.34. The van der Waals surface area contributed by atoms with E-state index in [9.17, 15) is 32.7 Å². The van der Waals surface area contributed by atoms with E-state index in [1.165, 1.54) is 17.4 Å². The molecule has 2 N–H and O–H groups in total. The van der Waals surface area contributed by atoms with E-state index in [-0.39, 0.29) is 77.4 Å². The summed E-state index contributed by atoms with van der Waals surface area (Å²) >= 11 is 6.10. The number of hydrogen-bond donors (Lipinski definition) is 2. The maximum absolute atomic E-state index is 14.3. The summed E-state index contributed by atoms with van der Waals surface area (Å²) in [5.41, 5.74) is -0.372. The number of ether oxygens (including phenoxy) is 1. The van der Waals surface area contributed by atoms with E-state index in [0.29, 0.717) is 31.1 Å². The quantitative estimate of drug-likeness (QED) is 0.247. The summed E-state index contributed by atoms with van der Waals surface area (Å²) in [5.74, 6) is -1.01.